The summed E-state index contributed by atoms with van der Waals surface area (Å²) in [6, 6.07) is 11.4. The Labute approximate surface area is 86.3 Å². The monoisotopic (exact) mass is 199 g/mol. The second kappa shape index (κ2) is 2.98. The van der Waals surface area contributed by atoms with Crippen LogP contribution in [0.25, 0.3) is 11.1 Å². The van der Waals surface area contributed by atoms with Crippen LogP contribution in [0.3, 0.4) is 0 Å². The van der Waals surface area contributed by atoms with Crippen molar-refractivity contribution in [3.8, 4) is 17.0 Å². The Morgan fingerprint density at radius 1 is 1.07 bits per heavy atom. The number of H-pyrrole nitrogens is 1. The van der Waals surface area contributed by atoms with Crippen molar-refractivity contribution in [1.29, 1.82) is 0 Å². The summed E-state index contributed by atoms with van der Waals surface area (Å²) < 4.78 is 5.48. The number of ether oxygens (including phenoxy) is 1. The van der Waals surface area contributed by atoms with Gasteiger partial charge in [0.1, 0.15) is 6.61 Å². The molecule has 0 amide bonds. The average Bonchev–Trinajstić information content (AvgIpc) is 2.28. The summed E-state index contributed by atoms with van der Waals surface area (Å²) >= 11 is 0. The highest BCUT2D eigenvalue weighted by molar-refractivity contribution is 5.73. The van der Waals surface area contributed by atoms with E-state index >= 15 is 0 Å². The minimum Gasteiger partial charge on any atom is -0.474 e. The Hall–Kier alpha value is -2.03. The average molecular weight is 199 g/mol. The van der Waals surface area contributed by atoms with Crippen molar-refractivity contribution in [2.75, 3.05) is 0 Å². The molecule has 1 aliphatic heterocycles. The van der Waals surface area contributed by atoms with Crippen LogP contribution < -0.4 is 10.3 Å². The van der Waals surface area contributed by atoms with Gasteiger partial charge in [-0.3, -0.25) is 9.78 Å². The number of pyridine rings is 1. The number of aromatic nitrogens is 1. The summed E-state index contributed by atoms with van der Waals surface area (Å²) in [7, 11) is 0. The van der Waals surface area contributed by atoms with Crippen LogP contribution in [0.4, 0.5) is 0 Å². The third-order valence-corrected chi connectivity index (χ3v) is 2.56. The largest absolute Gasteiger partial charge is 0.474 e. The number of hydrogen-bond acceptors (Lipinski definition) is 2. The molecular weight excluding hydrogens is 190 g/mol. The molecule has 3 rings (SSSR count). The fourth-order valence-electron chi connectivity index (χ4n) is 1.84. The number of benzene rings is 1. The van der Waals surface area contributed by atoms with Gasteiger partial charge in [0.25, 0.3) is 5.56 Å². The van der Waals surface area contributed by atoms with Gasteiger partial charge in [0, 0.05) is 11.6 Å². The van der Waals surface area contributed by atoms with E-state index in [1.165, 1.54) is 6.07 Å². The zero-order valence-electron chi connectivity index (χ0n) is 7.99. The molecule has 0 saturated carbocycles. The van der Waals surface area contributed by atoms with Gasteiger partial charge < -0.3 is 4.74 Å². The predicted octanol–water partition coefficient (Wildman–Crippen LogP) is 1.93. The second-order valence-corrected chi connectivity index (χ2v) is 3.51. The zero-order chi connectivity index (χ0) is 10.3. The molecule has 15 heavy (non-hydrogen) atoms. The lowest BCUT2D eigenvalue weighted by Gasteiger charge is -2.19. The highest BCUT2D eigenvalue weighted by Gasteiger charge is 2.16. The molecule has 74 valence electrons. The SMILES string of the molecule is O=c1ccc2c([nH]1)OCc1ccccc1-2. The minimum absolute atomic E-state index is 0.131. The normalized spacial score (nSPS) is 12.5. The number of rotatable bonds is 0. The molecule has 0 fully saturated rings. The van der Waals surface area contributed by atoms with Crippen molar-refractivity contribution in [3.05, 3.63) is 52.3 Å². The van der Waals surface area contributed by atoms with Gasteiger partial charge in [0.05, 0.1) is 0 Å². The van der Waals surface area contributed by atoms with Crippen molar-refractivity contribution in [1.82, 2.24) is 4.98 Å². The lowest BCUT2D eigenvalue weighted by atomic mass is 9.99. The van der Waals surface area contributed by atoms with Crippen molar-refractivity contribution in [2.24, 2.45) is 0 Å². The Balaban J connectivity index is 2.30. The summed E-state index contributed by atoms with van der Waals surface area (Å²) in [5.41, 5.74) is 3.11. The fraction of sp³-hybridized carbons (Fsp3) is 0.0833. The van der Waals surface area contributed by atoms with Crippen LogP contribution in [0.15, 0.2) is 41.2 Å². The zero-order valence-corrected chi connectivity index (χ0v) is 7.99. The summed E-state index contributed by atoms with van der Waals surface area (Å²) in [6.45, 7) is 0.517. The highest BCUT2D eigenvalue weighted by Crippen LogP contribution is 2.34. The molecule has 0 spiro atoms. The maximum Gasteiger partial charge on any atom is 0.250 e. The topological polar surface area (TPSA) is 42.1 Å². The molecule has 0 atom stereocenters. The van der Waals surface area contributed by atoms with E-state index in [4.69, 9.17) is 4.74 Å². The second-order valence-electron chi connectivity index (χ2n) is 3.51. The molecule has 1 N–H and O–H groups in total. The molecule has 0 bridgehead atoms. The fourth-order valence-corrected chi connectivity index (χ4v) is 1.84. The van der Waals surface area contributed by atoms with Crippen LogP contribution in [0.1, 0.15) is 5.56 Å². The van der Waals surface area contributed by atoms with Crippen LogP contribution in [0, 0.1) is 0 Å². The van der Waals surface area contributed by atoms with Crippen LogP contribution in [0.5, 0.6) is 5.88 Å². The molecule has 0 radical (unpaired) electrons. The number of aromatic amines is 1. The van der Waals surface area contributed by atoms with Gasteiger partial charge in [-0.15, -0.1) is 0 Å². The van der Waals surface area contributed by atoms with Gasteiger partial charge in [-0.05, 0) is 17.2 Å². The van der Waals surface area contributed by atoms with Gasteiger partial charge in [-0.2, -0.15) is 0 Å². The first-order valence-electron chi connectivity index (χ1n) is 4.79. The quantitative estimate of drug-likeness (QED) is 0.704. The Morgan fingerprint density at radius 3 is 2.87 bits per heavy atom. The van der Waals surface area contributed by atoms with E-state index in [0.29, 0.717) is 12.5 Å². The van der Waals surface area contributed by atoms with Gasteiger partial charge in [0.2, 0.25) is 5.88 Å². The maximum atomic E-state index is 11.1. The van der Waals surface area contributed by atoms with E-state index in [-0.39, 0.29) is 5.56 Å². The smallest absolute Gasteiger partial charge is 0.250 e. The van der Waals surface area contributed by atoms with E-state index in [1.807, 2.05) is 24.3 Å². The molecule has 1 aromatic heterocycles. The molecule has 2 heterocycles. The predicted molar refractivity (Wildman–Crippen MR) is 56.8 cm³/mol. The highest BCUT2D eigenvalue weighted by atomic mass is 16.5. The molecule has 3 heteroatoms. The lowest BCUT2D eigenvalue weighted by Crippen LogP contribution is -2.12. The van der Waals surface area contributed by atoms with Crippen molar-refractivity contribution < 1.29 is 4.74 Å². The van der Waals surface area contributed by atoms with E-state index in [9.17, 15) is 4.79 Å². The van der Waals surface area contributed by atoms with Gasteiger partial charge in [0.15, 0.2) is 0 Å². The van der Waals surface area contributed by atoms with E-state index in [0.717, 1.165) is 16.7 Å². The van der Waals surface area contributed by atoms with Crippen LogP contribution >= 0.6 is 0 Å². The third kappa shape index (κ3) is 1.24. The number of fused-ring (bicyclic) bond motifs is 3. The molecule has 0 saturated heterocycles. The van der Waals surface area contributed by atoms with Crippen molar-refractivity contribution in [2.45, 2.75) is 6.61 Å². The van der Waals surface area contributed by atoms with Gasteiger partial charge in [-0.25, -0.2) is 0 Å². The van der Waals surface area contributed by atoms with Gasteiger partial charge >= 0.3 is 0 Å². The minimum atomic E-state index is -0.131. The van der Waals surface area contributed by atoms with E-state index in [2.05, 4.69) is 4.98 Å². The Kier molecular flexibility index (Phi) is 1.65. The summed E-state index contributed by atoms with van der Waals surface area (Å²) in [5.74, 6) is 0.571. The molecule has 0 unspecified atom stereocenters. The Morgan fingerprint density at radius 2 is 1.93 bits per heavy atom. The van der Waals surface area contributed by atoms with Crippen molar-refractivity contribution >= 4 is 0 Å². The maximum absolute atomic E-state index is 11.1. The number of hydrogen-bond donors (Lipinski definition) is 1. The van der Waals surface area contributed by atoms with Crippen LogP contribution in [-0.2, 0) is 6.61 Å². The standard InChI is InChI=1S/C12H9NO2/c14-11-6-5-10-9-4-2-1-3-8(9)7-15-12(10)13-11/h1-6H,7H2,(H,13,14). The number of nitrogens with one attached hydrogen (secondary N) is 1. The molecule has 1 aromatic carbocycles. The molecular formula is C12H9NO2. The summed E-state index contributed by atoms with van der Waals surface area (Å²) in [4.78, 5) is 13.8. The first-order chi connectivity index (χ1) is 7.34. The van der Waals surface area contributed by atoms with E-state index in [1.54, 1.807) is 6.07 Å². The lowest BCUT2D eigenvalue weighted by molar-refractivity contribution is 0.289. The summed E-state index contributed by atoms with van der Waals surface area (Å²) in [5, 5.41) is 0. The first kappa shape index (κ1) is 8.29. The van der Waals surface area contributed by atoms with Crippen LogP contribution in [0.2, 0.25) is 0 Å². The molecule has 2 aromatic rings. The molecule has 1 aliphatic rings. The van der Waals surface area contributed by atoms with E-state index < -0.39 is 0 Å². The first-order valence-corrected chi connectivity index (χ1v) is 4.79. The summed E-state index contributed by atoms with van der Waals surface area (Å²) in [6.07, 6.45) is 0. The Bertz CT molecular complexity index is 572. The van der Waals surface area contributed by atoms with Crippen LogP contribution in [-0.4, -0.2) is 4.98 Å². The third-order valence-electron chi connectivity index (χ3n) is 2.56. The van der Waals surface area contributed by atoms with Crippen molar-refractivity contribution in [3.63, 3.8) is 0 Å². The van der Waals surface area contributed by atoms with Gasteiger partial charge in [-0.1, -0.05) is 24.3 Å². The molecule has 3 nitrogen and oxygen atoms in total. The molecule has 0 aliphatic carbocycles.